The van der Waals surface area contributed by atoms with Crippen molar-refractivity contribution in [3.8, 4) is 0 Å². The molecule has 0 saturated carbocycles. The molecule has 1 aliphatic rings. The van der Waals surface area contributed by atoms with Gasteiger partial charge in [-0.3, -0.25) is 4.79 Å². The highest BCUT2D eigenvalue weighted by Crippen LogP contribution is 2.15. The molecule has 100 valence electrons. The van der Waals surface area contributed by atoms with Crippen LogP contribution in [0.2, 0.25) is 0 Å². The van der Waals surface area contributed by atoms with Crippen molar-refractivity contribution in [3.05, 3.63) is 29.6 Å². The van der Waals surface area contributed by atoms with E-state index in [0.29, 0.717) is 11.3 Å². The van der Waals surface area contributed by atoms with Crippen LogP contribution in [0.15, 0.2) is 18.2 Å². The fourth-order valence-corrected chi connectivity index (χ4v) is 1.98. The van der Waals surface area contributed by atoms with Gasteiger partial charge < -0.3 is 10.6 Å². The Balaban J connectivity index is 0.00000162. The molecule has 2 rings (SSSR count). The lowest BCUT2D eigenvalue weighted by Crippen LogP contribution is -2.43. The predicted molar refractivity (Wildman–Crippen MR) is 72.7 cm³/mol. The number of carbonyl (C=O) groups is 1. The van der Waals surface area contributed by atoms with Crippen LogP contribution in [0.25, 0.3) is 0 Å². The highest BCUT2D eigenvalue weighted by atomic mass is 35.5. The van der Waals surface area contributed by atoms with Gasteiger partial charge in [0.15, 0.2) is 0 Å². The molecule has 1 saturated heterocycles. The van der Waals surface area contributed by atoms with Crippen LogP contribution in [0.3, 0.4) is 0 Å². The predicted octanol–water partition coefficient (Wildman–Crippen LogP) is 2.64. The number of halogens is 2. The molecule has 0 aliphatic carbocycles. The molecule has 1 heterocycles. The number of piperidine rings is 1. The van der Waals surface area contributed by atoms with E-state index in [4.69, 9.17) is 0 Å². The van der Waals surface area contributed by atoms with Crippen molar-refractivity contribution in [3.63, 3.8) is 0 Å². The van der Waals surface area contributed by atoms with E-state index in [-0.39, 0.29) is 30.2 Å². The minimum atomic E-state index is -0.292. The SMILES string of the molecule is Cc1ccc(NC(=O)[C@H]2CCCCN2)cc1F.Cl. The second-order valence-electron chi connectivity index (χ2n) is 4.46. The maximum absolute atomic E-state index is 13.3. The van der Waals surface area contributed by atoms with Crippen LogP contribution < -0.4 is 10.6 Å². The van der Waals surface area contributed by atoms with Gasteiger partial charge in [-0.25, -0.2) is 4.39 Å². The summed E-state index contributed by atoms with van der Waals surface area (Å²) in [5.74, 6) is -0.368. The molecule has 1 amide bonds. The lowest BCUT2D eigenvalue weighted by Gasteiger charge is -2.22. The third-order valence-corrected chi connectivity index (χ3v) is 3.07. The van der Waals surface area contributed by atoms with Gasteiger partial charge in [0.25, 0.3) is 0 Å². The average Bonchev–Trinajstić information content (AvgIpc) is 2.35. The second-order valence-corrected chi connectivity index (χ2v) is 4.46. The molecule has 0 spiro atoms. The molecule has 0 aromatic heterocycles. The van der Waals surface area contributed by atoms with Crippen LogP contribution in [-0.2, 0) is 4.79 Å². The molecular formula is C13H18ClFN2O. The largest absolute Gasteiger partial charge is 0.325 e. The van der Waals surface area contributed by atoms with Crippen LogP contribution in [0.5, 0.6) is 0 Å². The number of rotatable bonds is 2. The lowest BCUT2D eigenvalue weighted by molar-refractivity contribution is -0.118. The Labute approximate surface area is 113 Å². The number of benzene rings is 1. The van der Waals surface area contributed by atoms with E-state index in [2.05, 4.69) is 10.6 Å². The van der Waals surface area contributed by atoms with Crippen LogP contribution in [0, 0.1) is 12.7 Å². The normalized spacial score (nSPS) is 18.9. The second kappa shape index (κ2) is 6.71. The Morgan fingerprint density at radius 3 is 2.83 bits per heavy atom. The van der Waals surface area contributed by atoms with Gasteiger partial charge in [-0.05, 0) is 44.0 Å². The van der Waals surface area contributed by atoms with Gasteiger partial charge >= 0.3 is 0 Å². The molecule has 18 heavy (non-hydrogen) atoms. The molecule has 1 atom stereocenters. The number of aryl methyl sites for hydroxylation is 1. The molecule has 1 aromatic carbocycles. The van der Waals surface area contributed by atoms with Gasteiger partial charge in [-0.2, -0.15) is 0 Å². The van der Waals surface area contributed by atoms with E-state index in [1.807, 2.05) is 0 Å². The Bertz CT molecular complexity index is 419. The van der Waals surface area contributed by atoms with Gasteiger partial charge in [0.05, 0.1) is 6.04 Å². The van der Waals surface area contributed by atoms with Crippen molar-refractivity contribution < 1.29 is 9.18 Å². The molecular weight excluding hydrogens is 255 g/mol. The van der Waals surface area contributed by atoms with Crippen molar-refractivity contribution in [1.82, 2.24) is 5.32 Å². The standard InChI is InChI=1S/C13H17FN2O.ClH/c1-9-5-6-10(8-11(9)14)16-13(17)12-4-2-3-7-15-12;/h5-6,8,12,15H,2-4,7H2,1H3,(H,16,17);1H/t12-;/m1./s1. The van der Waals surface area contributed by atoms with Crippen molar-refractivity contribution >= 4 is 24.0 Å². The van der Waals surface area contributed by atoms with E-state index in [1.165, 1.54) is 6.07 Å². The number of nitrogens with one attached hydrogen (secondary N) is 2. The Morgan fingerprint density at radius 1 is 1.44 bits per heavy atom. The smallest absolute Gasteiger partial charge is 0.241 e. The Hall–Kier alpha value is -1.13. The van der Waals surface area contributed by atoms with Gasteiger partial charge in [-0.1, -0.05) is 12.5 Å². The van der Waals surface area contributed by atoms with E-state index < -0.39 is 0 Å². The number of anilines is 1. The fraction of sp³-hybridized carbons (Fsp3) is 0.462. The minimum Gasteiger partial charge on any atom is -0.325 e. The summed E-state index contributed by atoms with van der Waals surface area (Å²) in [6.45, 7) is 2.57. The van der Waals surface area contributed by atoms with Crippen LogP contribution >= 0.6 is 12.4 Å². The summed E-state index contributed by atoms with van der Waals surface area (Å²) in [4.78, 5) is 11.9. The maximum Gasteiger partial charge on any atom is 0.241 e. The Morgan fingerprint density at radius 2 is 2.22 bits per heavy atom. The van der Waals surface area contributed by atoms with Crippen LogP contribution in [-0.4, -0.2) is 18.5 Å². The zero-order chi connectivity index (χ0) is 12.3. The first-order valence-corrected chi connectivity index (χ1v) is 5.97. The summed E-state index contributed by atoms with van der Waals surface area (Å²) in [5, 5.41) is 5.90. The summed E-state index contributed by atoms with van der Waals surface area (Å²) in [7, 11) is 0. The number of hydrogen-bond donors (Lipinski definition) is 2. The van der Waals surface area contributed by atoms with Gasteiger partial charge in [-0.15, -0.1) is 12.4 Å². The maximum atomic E-state index is 13.3. The molecule has 0 bridgehead atoms. The summed E-state index contributed by atoms with van der Waals surface area (Å²) < 4.78 is 13.3. The summed E-state index contributed by atoms with van der Waals surface area (Å²) in [6.07, 6.45) is 3.02. The van der Waals surface area contributed by atoms with E-state index in [9.17, 15) is 9.18 Å². The molecule has 2 N–H and O–H groups in total. The van der Waals surface area contributed by atoms with Gasteiger partial charge in [0.2, 0.25) is 5.91 Å². The molecule has 1 aromatic rings. The van der Waals surface area contributed by atoms with Crippen molar-refractivity contribution in [1.29, 1.82) is 0 Å². The van der Waals surface area contributed by atoms with E-state index >= 15 is 0 Å². The molecule has 5 heteroatoms. The van der Waals surface area contributed by atoms with E-state index in [1.54, 1.807) is 19.1 Å². The zero-order valence-electron chi connectivity index (χ0n) is 10.3. The molecule has 1 aliphatic heterocycles. The summed E-state index contributed by atoms with van der Waals surface area (Å²) >= 11 is 0. The van der Waals surface area contributed by atoms with E-state index in [0.717, 1.165) is 25.8 Å². The molecule has 0 unspecified atom stereocenters. The van der Waals surface area contributed by atoms with Crippen LogP contribution in [0.4, 0.5) is 10.1 Å². The minimum absolute atomic E-state index is 0. The summed E-state index contributed by atoms with van der Waals surface area (Å²) in [6, 6.07) is 4.60. The fourth-order valence-electron chi connectivity index (χ4n) is 1.98. The molecule has 3 nitrogen and oxygen atoms in total. The molecule has 0 radical (unpaired) electrons. The first-order valence-electron chi connectivity index (χ1n) is 5.97. The number of carbonyl (C=O) groups excluding carboxylic acids is 1. The zero-order valence-corrected chi connectivity index (χ0v) is 11.1. The first kappa shape index (κ1) is 14.9. The first-order chi connectivity index (χ1) is 8.16. The Kier molecular flexibility index (Phi) is 5.56. The third kappa shape index (κ3) is 3.68. The monoisotopic (exact) mass is 272 g/mol. The molecule has 1 fully saturated rings. The summed E-state index contributed by atoms with van der Waals surface area (Å²) in [5.41, 5.74) is 1.10. The van der Waals surface area contributed by atoms with Crippen molar-refractivity contribution in [2.75, 3.05) is 11.9 Å². The highest BCUT2D eigenvalue weighted by molar-refractivity contribution is 5.94. The van der Waals surface area contributed by atoms with Gasteiger partial charge in [0.1, 0.15) is 5.82 Å². The van der Waals surface area contributed by atoms with Crippen LogP contribution in [0.1, 0.15) is 24.8 Å². The highest BCUT2D eigenvalue weighted by Gasteiger charge is 2.20. The third-order valence-electron chi connectivity index (χ3n) is 3.07. The van der Waals surface area contributed by atoms with Crippen molar-refractivity contribution in [2.24, 2.45) is 0 Å². The topological polar surface area (TPSA) is 41.1 Å². The average molecular weight is 273 g/mol. The number of amides is 1. The number of hydrogen-bond acceptors (Lipinski definition) is 2. The van der Waals surface area contributed by atoms with Crippen molar-refractivity contribution in [2.45, 2.75) is 32.2 Å². The lowest BCUT2D eigenvalue weighted by atomic mass is 10.0. The quantitative estimate of drug-likeness (QED) is 0.869. The van der Waals surface area contributed by atoms with Gasteiger partial charge in [0, 0.05) is 5.69 Å².